The Kier molecular flexibility index (Phi) is 18.0. The second-order valence-electron chi connectivity index (χ2n) is 2.31. The fraction of sp³-hybridized carbons (Fsp3) is 0.250. The number of hydrogen-bond donors (Lipinski definition) is 4. The predicted molar refractivity (Wildman–Crippen MR) is 67.2 cm³/mol. The summed E-state index contributed by atoms with van der Waals surface area (Å²) in [7, 11) is 0. The Morgan fingerprint density at radius 2 is 1.28 bits per heavy atom. The number of rotatable bonds is 0. The van der Waals surface area contributed by atoms with Gasteiger partial charge in [0.25, 0.3) is 0 Å². The molecule has 0 rings (SSSR count). The van der Waals surface area contributed by atoms with Crippen molar-refractivity contribution >= 4 is 17.6 Å². The summed E-state index contributed by atoms with van der Waals surface area (Å²) in [6.07, 6.45) is 4.25. The van der Waals surface area contributed by atoms with Crippen LogP contribution in [0, 0.1) is 34.4 Å². The Balaban J connectivity index is -0.000000216. The summed E-state index contributed by atoms with van der Waals surface area (Å²) in [5.74, 6) is 0.474. The summed E-state index contributed by atoms with van der Waals surface area (Å²) in [6, 6.07) is 0. The minimum Gasteiger partial charge on any atom is -0.387 e. The van der Waals surface area contributed by atoms with Crippen LogP contribution in [0.25, 0.3) is 0 Å². The maximum Gasteiger partial charge on any atom is 0.232 e. The van der Waals surface area contributed by atoms with Crippen molar-refractivity contribution in [2.75, 3.05) is 0 Å². The van der Waals surface area contributed by atoms with E-state index in [4.69, 9.17) is 33.0 Å². The van der Waals surface area contributed by atoms with Crippen LogP contribution in [0.4, 0.5) is 0 Å². The van der Waals surface area contributed by atoms with Crippen LogP contribution in [0.2, 0.25) is 0 Å². The van der Waals surface area contributed by atoms with Gasteiger partial charge >= 0.3 is 0 Å². The van der Waals surface area contributed by atoms with Crippen molar-refractivity contribution in [2.24, 2.45) is 37.9 Å². The van der Waals surface area contributed by atoms with Gasteiger partial charge in [0.2, 0.25) is 18.3 Å². The van der Waals surface area contributed by atoms with Crippen molar-refractivity contribution in [3.05, 3.63) is 0 Å². The fourth-order valence-electron chi connectivity index (χ4n) is 0.336. The highest BCUT2D eigenvalue weighted by Crippen LogP contribution is 1.70. The Labute approximate surface area is 105 Å². The second-order valence-corrected chi connectivity index (χ2v) is 2.31. The molecule has 0 aromatic rings. The Morgan fingerprint density at radius 1 is 0.889 bits per heavy atom. The van der Waals surface area contributed by atoms with Gasteiger partial charge in [-0.25, -0.2) is 4.99 Å². The van der Waals surface area contributed by atoms with Crippen LogP contribution in [0.3, 0.4) is 0 Å². The van der Waals surface area contributed by atoms with Crippen LogP contribution < -0.4 is 22.9 Å². The summed E-state index contributed by atoms with van der Waals surface area (Å²) < 4.78 is 0. The highest BCUT2D eigenvalue weighted by molar-refractivity contribution is 5.93. The molecule has 0 saturated heterocycles. The molecule has 0 aliphatic rings. The van der Waals surface area contributed by atoms with Gasteiger partial charge in [0.05, 0.1) is 5.84 Å². The first-order valence-corrected chi connectivity index (χ1v) is 4.17. The van der Waals surface area contributed by atoms with Crippen LogP contribution >= 0.6 is 0 Å². The third-order valence-electron chi connectivity index (χ3n) is 0.682. The molecule has 10 heteroatoms. The molecule has 0 bridgehead atoms. The van der Waals surface area contributed by atoms with Crippen LogP contribution in [-0.2, 0) is 0 Å². The molecule has 0 aromatic heterocycles. The predicted octanol–water partition coefficient (Wildman–Crippen LogP) is -1.57. The van der Waals surface area contributed by atoms with E-state index in [0.29, 0.717) is 5.84 Å². The monoisotopic (exact) mass is 250 g/mol. The first-order valence-electron chi connectivity index (χ1n) is 4.17. The van der Waals surface area contributed by atoms with E-state index in [1.54, 1.807) is 13.8 Å². The minimum absolute atomic E-state index is 0.113. The van der Waals surface area contributed by atoms with Gasteiger partial charge in [0.15, 0.2) is 6.19 Å². The molecule has 0 atom stereocenters. The summed E-state index contributed by atoms with van der Waals surface area (Å²) in [6.45, 7) is 3.11. The molecular formula is C8H14N10. The SMILES string of the molecule is CC(N)=NC#N.CC(N)=NC(N)=NC#N.N#CN. The zero-order valence-corrected chi connectivity index (χ0v) is 9.99. The van der Waals surface area contributed by atoms with E-state index in [0.717, 1.165) is 0 Å². The van der Waals surface area contributed by atoms with E-state index < -0.39 is 0 Å². The van der Waals surface area contributed by atoms with E-state index in [2.05, 4.69) is 20.7 Å². The molecule has 0 unspecified atom stereocenters. The normalized spacial score (nSPS) is 10.3. The number of amidine groups is 2. The van der Waals surface area contributed by atoms with Crippen molar-refractivity contribution in [1.82, 2.24) is 0 Å². The number of nitriles is 3. The molecule has 0 saturated carbocycles. The van der Waals surface area contributed by atoms with E-state index in [9.17, 15) is 0 Å². The largest absolute Gasteiger partial charge is 0.387 e. The molecule has 18 heavy (non-hydrogen) atoms. The van der Waals surface area contributed by atoms with Gasteiger partial charge in [0.1, 0.15) is 5.84 Å². The molecule has 0 aromatic carbocycles. The van der Waals surface area contributed by atoms with Gasteiger partial charge in [-0.3, -0.25) is 0 Å². The fourth-order valence-corrected chi connectivity index (χ4v) is 0.336. The van der Waals surface area contributed by atoms with E-state index in [1.165, 1.54) is 18.6 Å². The van der Waals surface area contributed by atoms with Gasteiger partial charge in [0, 0.05) is 0 Å². The highest BCUT2D eigenvalue weighted by Gasteiger charge is 1.83. The van der Waals surface area contributed by atoms with Gasteiger partial charge < -0.3 is 22.9 Å². The number of guanidine groups is 1. The average molecular weight is 250 g/mol. The van der Waals surface area contributed by atoms with Crippen LogP contribution in [0.5, 0.6) is 0 Å². The zero-order valence-electron chi connectivity index (χ0n) is 9.99. The number of nitrogens with two attached hydrogens (primary N) is 4. The Bertz CT molecular complexity index is 416. The minimum atomic E-state index is -0.113. The molecule has 0 heterocycles. The first-order chi connectivity index (χ1) is 8.35. The average Bonchev–Trinajstić information content (AvgIpc) is 2.18. The molecular weight excluding hydrogens is 236 g/mol. The zero-order chi connectivity index (χ0) is 15.0. The quantitative estimate of drug-likeness (QED) is 0.171. The number of nitrogens with zero attached hydrogens (tertiary/aromatic N) is 6. The van der Waals surface area contributed by atoms with Crippen molar-refractivity contribution in [3.8, 4) is 18.6 Å². The third-order valence-corrected chi connectivity index (χ3v) is 0.682. The summed E-state index contributed by atoms with van der Waals surface area (Å²) >= 11 is 0. The van der Waals surface area contributed by atoms with Crippen LogP contribution in [0.15, 0.2) is 15.0 Å². The lowest BCUT2D eigenvalue weighted by Gasteiger charge is -1.86. The Hall–Kier alpha value is -3.32. The lowest BCUT2D eigenvalue weighted by atomic mass is 10.7. The smallest absolute Gasteiger partial charge is 0.232 e. The van der Waals surface area contributed by atoms with E-state index >= 15 is 0 Å². The van der Waals surface area contributed by atoms with Gasteiger partial charge in [-0.15, -0.1) is 4.99 Å². The molecule has 0 fully saturated rings. The van der Waals surface area contributed by atoms with Gasteiger partial charge in [-0.1, -0.05) is 0 Å². The van der Waals surface area contributed by atoms with Gasteiger partial charge in [-0.2, -0.15) is 20.8 Å². The standard InChI is InChI=1S/C4H7N5.C3H5N3.CH2N2/c1-3(6)9-4(7)8-2-5;1-3(5)6-2-4;2-1-3/h1H3,(H4,6,7,8,9);1H3,(H2,5,6);2H2. The van der Waals surface area contributed by atoms with Gasteiger partial charge in [-0.05, 0) is 13.8 Å². The second kappa shape index (κ2) is 16.1. The summed E-state index contributed by atoms with van der Waals surface area (Å²) in [5.41, 5.74) is 19.2. The molecule has 0 aliphatic heterocycles. The maximum absolute atomic E-state index is 7.92. The number of aliphatic imine (C=N–C) groups is 3. The molecule has 8 N–H and O–H groups in total. The number of hydrogen-bond acceptors (Lipinski definition) is 6. The summed E-state index contributed by atoms with van der Waals surface area (Å²) in [5, 5.41) is 22.7. The Morgan fingerprint density at radius 3 is 1.44 bits per heavy atom. The van der Waals surface area contributed by atoms with Crippen molar-refractivity contribution in [1.29, 1.82) is 15.8 Å². The van der Waals surface area contributed by atoms with E-state index in [-0.39, 0.29) is 11.8 Å². The first kappa shape index (κ1) is 20.1. The summed E-state index contributed by atoms with van der Waals surface area (Å²) in [4.78, 5) is 9.69. The highest BCUT2D eigenvalue weighted by atomic mass is 15.1. The molecule has 0 spiro atoms. The molecule has 0 radical (unpaired) electrons. The maximum atomic E-state index is 7.92. The molecule has 0 aliphatic carbocycles. The lowest BCUT2D eigenvalue weighted by molar-refractivity contribution is 1.37. The van der Waals surface area contributed by atoms with Crippen LogP contribution in [0.1, 0.15) is 13.8 Å². The van der Waals surface area contributed by atoms with Crippen LogP contribution in [-0.4, -0.2) is 17.6 Å². The van der Waals surface area contributed by atoms with Crippen molar-refractivity contribution in [2.45, 2.75) is 13.8 Å². The molecule has 96 valence electrons. The third kappa shape index (κ3) is 38.8. The lowest BCUT2D eigenvalue weighted by Crippen LogP contribution is -2.15. The molecule has 10 nitrogen and oxygen atoms in total. The molecule has 0 amide bonds. The van der Waals surface area contributed by atoms with Crippen molar-refractivity contribution < 1.29 is 0 Å². The van der Waals surface area contributed by atoms with Crippen molar-refractivity contribution in [3.63, 3.8) is 0 Å². The van der Waals surface area contributed by atoms with E-state index in [1.807, 2.05) is 0 Å². The topological polar surface area (TPSA) is 213 Å².